The molecule has 0 unspecified atom stereocenters. The first kappa shape index (κ1) is 27.1. The van der Waals surface area contributed by atoms with Gasteiger partial charge in [0.15, 0.2) is 11.4 Å². The van der Waals surface area contributed by atoms with Crippen LogP contribution in [0.4, 0.5) is 0 Å². The third kappa shape index (κ3) is 3.40. The van der Waals surface area contributed by atoms with Crippen molar-refractivity contribution in [3.63, 3.8) is 0 Å². The monoisotopic (exact) mass is 528 g/mol. The molecule has 0 amide bonds. The number of ketones is 3. The van der Waals surface area contributed by atoms with Crippen LogP contribution in [-0.2, 0) is 20.8 Å². The Balaban J connectivity index is 1.81. The van der Waals surface area contributed by atoms with E-state index in [9.17, 15) is 29.7 Å². The van der Waals surface area contributed by atoms with E-state index in [-0.39, 0.29) is 34.8 Å². The molecule has 6 heteroatoms. The molecule has 0 heterocycles. The van der Waals surface area contributed by atoms with Crippen molar-refractivity contribution in [2.75, 3.05) is 0 Å². The smallest absolute Gasteiger partial charge is 0.206 e. The topological polar surface area (TPSA) is 112 Å². The van der Waals surface area contributed by atoms with Crippen LogP contribution < -0.4 is 0 Å². The van der Waals surface area contributed by atoms with Gasteiger partial charge >= 0.3 is 0 Å². The standard InChI is InChI=1S/C33H36O6/c1-16(2)26-18(4)24(19(5)34)29(37)33(39)30(38)27-28(36)25-22(14-31(27,6)15-32(26,33)7)21(12-13-23(25)35)20-10-8-17(3)9-11-20/h8-13,16,26,35-36,39H,14-15H2,1-7H3/t26-,31+,32+,33-/m1/s1. The van der Waals surface area contributed by atoms with E-state index >= 15 is 0 Å². The lowest BCUT2D eigenvalue weighted by molar-refractivity contribution is -0.180. The number of aryl methyl sites for hydroxylation is 1. The molecule has 0 aromatic heterocycles. The molecule has 0 bridgehead atoms. The molecule has 204 valence electrons. The molecule has 3 aliphatic carbocycles. The van der Waals surface area contributed by atoms with Gasteiger partial charge in [0.2, 0.25) is 11.6 Å². The number of carbonyl (C=O) groups is 3. The van der Waals surface area contributed by atoms with E-state index in [0.29, 0.717) is 17.6 Å². The lowest BCUT2D eigenvalue weighted by atomic mass is 9.42. The number of phenolic OH excluding ortho intramolecular Hbond substituents is 1. The molecule has 5 rings (SSSR count). The summed E-state index contributed by atoms with van der Waals surface area (Å²) in [7, 11) is 0. The third-order valence-corrected chi connectivity index (χ3v) is 9.56. The van der Waals surface area contributed by atoms with Gasteiger partial charge in [0, 0.05) is 16.4 Å². The number of rotatable bonds is 3. The molecular formula is C33H36O6. The van der Waals surface area contributed by atoms with Crippen LogP contribution in [0.2, 0.25) is 0 Å². The Bertz CT molecular complexity index is 1520. The number of fused-ring (bicyclic) bond motifs is 3. The first-order valence-electron chi connectivity index (χ1n) is 13.5. The third-order valence-electron chi connectivity index (χ3n) is 9.56. The molecule has 1 fully saturated rings. The van der Waals surface area contributed by atoms with Crippen LogP contribution in [0.3, 0.4) is 0 Å². The summed E-state index contributed by atoms with van der Waals surface area (Å²) in [6, 6.07) is 11.3. The van der Waals surface area contributed by atoms with Gasteiger partial charge in [-0.3, -0.25) is 14.4 Å². The summed E-state index contributed by atoms with van der Waals surface area (Å²) in [4.78, 5) is 40.9. The largest absolute Gasteiger partial charge is 0.507 e. The Morgan fingerprint density at radius 1 is 0.974 bits per heavy atom. The fraction of sp³-hybridized carbons (Fsp3) is 0.424. The van der Waals surface area contributed by atoms with Gasteiger partial charge in [0.25, 0.3) is 0 Å². The molecule has 3 N–H and O–H groups in total. The van der Waals surface area contributed by atoms with E-state index in [2.05, 4.69) is 0 Å². The van der Waals surface area contributed by atoms with Crippen molar-refractivity contribution in [2.45, 2.75) is 66.9 Å². The molecule has 4 atom stereocenters. The van der Waals surface area contributed by atoms with Crippen molar-refractivity contribution in [2.24, 2.45) is 22.7 Å². The number of benzene rings is 2. The van der Waals surface area contributed by atoms with E-state index in [1.807, 2.05) is 58.0 Å². The van der Waals surface area contributed by atoms with Gasteiger partial charge in [-0.2, -0.15) is 0 Å². The number of hydrogen-bond donors (Lipinski definition) is 3. The van der Waals surface area contributed by atoms with Gasteiger partial charge in [0.1, 0.15) is 11.5 Å². The van der Waals surface area contributed by atoms with E-state index in [0.717, 1.165) is 16.7 Å². The van der Waals surface area contributed by atoms with E-state index in [1.54, 1.807) is 13.8 Å². The zero-order valence-corrected chi connectivity index (χ0v) is 23.6. The van der Waals surface area contributed by atoms with Crippen LogP contribution >= 0.6 is 0 Å². The molecule has 0 spiro atoms. The van der Waals surface area contributed by atoms with E-state index < -0.39 is 45.5 Å². The Labute approximate surface area is 229 Å². The second kappa shape index (κ2) is 8.49. The maximum Gasteiger partial charge on any atom is 0.206 e. The van der Waals surface area contributed by atoms with Gasteiger partial charge in [-0.25, -0.2) is 0 Å². The Morgan fingerprint density at radius 3 is 2.15 bits per heavy atom. The molecule has 2 aromatic rings. The van der Waals surface area contributed by atoms with Gasteiger partial charge in [-0.05, 0) is 68.2 Å². The minimum atomic E-state index is -2.52. The summed E-state index contributed by atoms with van der Waals surface area (Å²) in [6.45, 7) is 12.6. The summed E-state index contributed by atoms with van der Waals surface area (Å²) < 4.78 is 0. The highest BCUT2D eigenvalue weighted by Crippen LogP contribution is 2.65. The highest BCUT2D eigenvalue weighted by atomic mass is 16.3. The fourth-order valence-electron chi connectivity index (χ4n) is 8.25. The lowest BCUT2D eigenvalue weighted by Gasteiger charge is -2.60. The van der Waals surface area contributed by atoms with Gasteiger partial charge in [0.05, 0.1) is 11.1 Å². The second-order valence-corrected chi connectivity index (χ2v) is 12.6. The predicted octanol–water partition coefficient (Wildman–Crippen LogP) is 5.67. The van der Waals surface area contributed by atoms with Crippen molar-refractivity contribution in [3.8, 4) is 16.9 Å². The van der Waals surface area contributed by atoms with Crippen LogP contribution in [0.15, 0.2) is 53.1 Å². The zero-order valence-electron chi connectivity index (χ0n) is 23.6. The van der Waals surface area contributed by atoms with Crippen molar-refractivity contribution < 1.29 is 29.7 Å². The average Bonchev–Trinajstić information content (AvgIpc) is 2.82. The molecule has 3 aliphatic rings. The minimum Gasteiger partial charge on any atom is -0.507 e. The van der Waals surface area contributed by atoms with E-state index in [1.165, 1.54) is 13.0 Å². The summed E-state index contributed by atoms with van der Waals surface area (Å²) in [6.07, 6.45) is 0.541. The summed E-state index contributed by atoms with van der Waals surface area (Å²) >= 11 is 0. The highest BCUT2D eigenvalue weighted by molar-refractivity contribution is 6.33. The molecule has 0 saturated heterocycles. The number of aliphatic hydroxyl groups excluding tert-OH is 1. The maximum atomic E-state index is 14.4. The number of carbonyl (C=O) groups excluding carboxylic acids is 3. The number of allylic oxidation sites excluding steroid dienone is 1. The molecule has 2 aromatic carbocycles. The number of aromatic hydroxyl groups is 1. The summed E-state index contributed by atoms with van der Waals surface area (Å²) in [5.74, 6) is -3.39. The SMILES string of the molecule is CC(=O)C1=C(C)[C@@H](C(C)C)[C@]2(C)C[C@]3(C)Cc4c(-c5ccc(C)cc5)ccc(O)c4C(O)=C3C(=O)[C@]2(O)C1=O. The highest BCUT2D eigenvalue weighted by Gasteiger charge is 2.72. The number of Topliss-reactive ketones (excluding diaryl/α,β-unsaturated/α-hetero) is 3. The molecular weight excluding hydrogens is 492 g/mol. The molecule has 39 heavy (non-hydrogen) atoms. The van der Waals surface area contributed by atoms with E-state index in [4.69, 9.17) is 0 Å². The normalized spacial score (nSPS) is 30.3. The molecule has 6 nitrogen and oxygen atoms in total. The maximum absolute atomic E-state index is 14.4. The van der Waals surface area contributed by atoms with Crippen molar-refractivity contribution in [1.29, 1.82) is 0 Å². The number of aliphatic hydroxyl groups is 2. The van der Waals surface area contributed by atoms with Crippen LogP contribution in [0.25, 0.3) is 16.9 Å². The fourth-order valence-corrected chi connectivity index (χ4v) is 8.25. The van der Waals surface area contributed by atoms with Gasteiger partial charge in [-0.15, -0.1) is 0 Å². The van der Waals surface area contributed by atoms with Crippen LogP contribution in [0, 0.1) is 29.6 Å². The summed E-state index contributed by atoms with van der Waals surface area (Å²) in [5, 5.41) is 34.7. The predicted molar refractivity (Wildman–Crippen MR) is 149 cm³/mol. The van der Waals surface area contributed by atoms with Crippen molar-refractivity contribution in [3.05, 3.63) is 69.8 Å². The van der Waals surface area contributed by atoms with Crippen LogP contribution in [-0.4, -0.2) is 38.3 Å². The lowest BCUT2D eigenvalue weighted by Crippen LogP contribution is -2.70. The van der Waals surface area contributed by atoms with Crippen molar-refractivity contribution in [1.82, 2.24) is 0 Å². The van der Waals surface area contributed by atoms with Gasteiger partial charge in [-0.1, -0.05) is 69.2 Å². The Hall–Kier alpha value is -3.51. The number of hydrogen-bond acceptors (Lipinski definition) is 6. The second-order valence-electron chi connectivity index (χ2n) is 12.6. The quantitative estimate of drug-likeness (QED) is 0.350. The Kier molecular flexibility index (Phi) is 5.90. The molecule has 1 saturated carbocycles. The van der Waals surface area contributed by atoms with Crippen molar-refractivity contribution >= 4 is 23.1 Å². The summed E-state index contributed by atoms with van der Waals surface area (Å²) in [5.41, 5.74) is -0.585. The zero-order chi connectivity index (χ0) is 28.8. The minimum absolute atomic E-state index is 0.0651. The van der Waals surface area contributed by atoms with Crippen LogP contribution in [0.5, 0.6) is 5.75 Å². The first-order chi connectivity index (χ1) is 18.1. The average molecular weight is 529 g/mol. The first-order valence-corrected chi connectivity index (χ1v) is 13.5. The molecule has 0 radical (unpaired) electrons. The number of phenols is 1. The van der Waals surface area contributed by atoms with Crippen LogP contribution in [0.1, 0.15) is 64.7 Å². The van der Waals surface area contributed by atoms with Gasteiger partial charge < -0.3 is 15.3 Å². The Morgan fingerprint density at radius 2 is 1.59 bits per heavy atom. The molecule has 0 aliphatic heterocycles.